The number of ether oxygens (including phenoxy) is 2. The van der Waals surface area contributed by atoms with E-state index >= 15 is 0 Å². The summed E-state index contributed by atoms with van der Waals surface area (Å²) < 4.78 is 14.6. The summed E-state index contributed by atoms with van der Waals surface area (Å²) in [6.07, 6.45) is 6.26. The minimum Gasteiger partial charge on any atom is -0.493 e. The van der Waals surface area contributed by atoms with Crippen molar-refractivity contribution in [1.82, 2.24) is 19.8 Å². The van der Waals surface area contributed by atoms with Crippen molar-refractivity contribution in [2.24, 2.45) is 4.99 Å². The highest BCUT2D eigenvalue weighted by molar-refractivity contribution is 5.74. The van der Waals surface area contributed by atoms with E-state index < -0.39 is 0 Å². The Morgan fingerprint density at radius 1 is 0.976 bits per heavy atom. The van der Waals surface area contributed by atoms with Gasteiger partial charge in [0, 0.05) is 37.3 Å². The average molecular weight is 560 g/mol. The Hall–Kier alpha value is -4.01. The molecule has 9 nitrogen and oxygen atoms in total. The normalized spacial score (nSPS) is 15.2. The van der Waals surface area contributed by atoms with Crippen LogP contribution in [0.3, 0.4) is 0 Å². The Kier molecular flexibility index (Phi) is 8.52. The minimum atomic E-state index is -0.186. The molecular weight excluding hydrogens is 518 g/mol. The molecule has 2 aromatic carbocycles. The number of fused-ring (bicyclic) bond motifs is 3. The van der Waals surface area contributed by atoms with E-state index in [4.69, 9.17) is 14.5 Å². The van der Waals surface area contributed by atoms with Crippen molar-refractivity contribution in [3.05, 3.63) is 68.6 Å². The second-order valence-corrected chi connectivity index (χ2v) is 11.2. The van der Waals surface area contributed by atoms with Gasteiger partial charge in [-0.2, -0.15) is 0 Å². The van der Waals surface area contributed by atoms with E-state index in [1.807, 2.05) is 32.0 Å². The maximum absolute atomic E-state index is 14.0. The number of nitrogens with one attached hydrogen (secondary N) is 2. The van der Waals surface area contributed by atoms with E-state index in [2.05, 4.69) is 29.7 Å². The molecule has 3 aromatic rings. The molecule has 2 amide bonds. The van der Waals surface area contributed by atoms with Gasteiger partial charge in [0.2, 0.25) is 0 Å². The summed E-state index contributed by atoms with van der Waals surface area (Å²) in [6.45, 7) is 7.30. The van der Waals surface area contributed by atoms with Crippen molar-refractivity contribution in [3.8, 4) is 22.8 Å². The maximum Gasteiger partial charge on any atom is 0.330 e. The number of amides is 2. The van der Waals surface area contributed by atoms with Crippen molar-refractivity contribution < 1.29 is 14.3 Å². The number of carbonyl (C=O) groups excluding carboxylic acids is 1. The van der Waals surface area contributed by atoms with Crippen LogP contribution in [-0.2, 0) is 19.5 Å². The van der Waals surface area contributed by atoms with Gasteiger partial charge in [0.1, 0.15) is 5.49 Å². The molecule has 218 valence electrons. The highest BCUT2D eigenvalue weighted by atomic mass is 16.5. The molecule has 0 bridgehead atoms. The van der Waals surface area contributed by atoms with E-state index in [1.54, 1.807) is 23.4 Å². The fourth-order valence-corrected chi connectivity index (χ4v) is 6.19. The topological polar surface area (TPSA) is 98.9 Å². The SMILES string of the molecule is COc1cc2c(cc1OC)-c1cc(=Nc3c(C)cc(C)cc3C)n(CCNC(=O)NC3CCCCC3)c(=O)n1CC2. The smallest absolute Gasteiger partial charge is 0.330 e. The molecule has 9 heteroatoms. The summed E-state index contributed by atoms with van der Waals surface area (Å²) in [5.41, 5.74) is 7.31. The first-order valence-corrected chi connectivity index (χ1v) is 14.6. The van der Waals surface area contributed by atoms with E-state index in [0.717, 1.165) is 59.3 Å². The number of nitrogens with zero attached hydrogens (tertiary/aromatic N) is 3. The van der Waals surface area contributed by atoms with E-state index in [-0.39, 0.29) is 17.8 Å². The van der Waals surface area contributed by atoms with Gasteiger partial charge in [0.25, 0.3) is 0 Å². The number of urea groups is 1. The molecule has 0 unspecified atom stereocenters. The molecule has 2 heterocycles. The second-order valence-electron chi connectivity index (χ2n) is 11.2. The lowest BCUT2D eigenvalue weighted by molar-refractivity contribution is 0.232. The molecule has 1 aromatic heterocycles. The molecule has 2 aliphatic rings. The van der Waals surface area contributed by atoms with Crippen LogP contribution in [-0.4, -0.2) is 42.0 Å². The van der Waals surface area contributed by atoms with Gasteiger partial charge in [-0.15, -0.1) is 0 Å². The second kappa shape index (κ2) is 12.2. The maximum atomic E-state index is 14.0. The van der Waals surface area contributed by atoms with Gasteiger partial charge in [0.05, 0.1) is 25.6 Å². The molecule has 2 N–H and O–H groups in total. The molecule has 41 heavy (non-hydrogen) atoms. The van der Waals surface area contributed by atoms with Gasteiger partial charge in [-0.05, 0) is 68.9 Å². The summed E-state index contributed by atoms with van der Waals surface area (Å²) in [4.78, 5) is 31.7. The quantitative estimate of drug-likeness (QED) is 0.439. The van der Waals surface area contributed by atoms with Gasteiger partial charge in [-0.25, -0.2) is 14.6 Å². The third-order valence-corrected chi connectivity index (χ3v) is 8.21. The molecule has 5 rings (SSSR count). The summed E-state index contributed by atoms with van der Waals surface area (Å²) in [5.74, 6) is 1.28. The van der Waals surface area contributed by atoms with Crippen LogP contribution in [0, 0.1) is 20.8 Å². The summed E-state index contributed by atoms with van der Waals surface area (Å²) >= 11 is 0. The van der Waals surface area contributed by atoms with Crippen molar-refractivity contribution in [2.75, 3.05) is 20.8 Å². The van der Waals surface area contributed by atoms with Crippen LogP contribution in [0.1, 0.15) is 54.4 Å². The molecule has 0 saturated heterocycles. The standard InChI is InChI=1S/C32H41N5O4/c1-20-15-21(2)30(22(3)16-20)35-29-19-26-25-18-28(41-5)27(40-4)17-23(25)11-13-36(26)32(39)37(29)14-12-33-31(38)34-24-9-7-6-8-10-24/h15-19,24H,6-14H2,1-5H3,(H2,33,34,38). The zero-order valence-corrected chi connectivity index (χ0v) is 24.8. The monoisotopic (exact) mass is 559 g/mol. The number of methoxy groups -OCH3 is 2. The van der Waals surface area contributed by atoms with Crippen LogP contribution < -0.4 is 31.3 Å². The minimum absolute atomic E-state index is 0.154. The number of hydrogen-bond acceptors (Lipinski definition) is 5. The zero-order chi connectivity index (χ0) is 29.1. The lowest BCUT2D eigenvalue weighted by atomic mass is 9.96. The number of rotatable bonds is 7. The number of aromatic nitrogens is 2. The van der Waals surface area contributed by atoms with Crippen molar-refractivity contribution >= 4 is 11.7 Å². The Balaban J connectivity index is 1.55. The third-order valence-electron chi connectivity index (χ3n) is 8.21. The number of hydrogen-bond donors (Lipinski definition) is 2. The predicted molar refractivity (Wildman–Crippen MR) is 160 cm³/mol. The van der Waals surface area contributed by atoms with Gasteiger partial charge in [0.15, 0.2) is 11.5 Å². The Morgan fingerprint density at radius 3 is 2.34 bits per heavy atom. The summed E-state index contributed by atoms with van der Waals surface area (Å²) in [6, 6.07) is 10.1. The Morgan fingerprint density at radius 2 is 1.66 bits per heavy atom. The van der Waals surface area contributed by atoms with Crippen molar-refractivity contribution in [2.45, 2.75) is 78.4 Å². The molecule has 0 atom stereocenters. The summed E-state index contributed by atoms with van der Waals surface area (Å²) in [7, 11) is 3.24. The third kappa shape index (κ3) is 6.04. The zero-order valence-electron chi connectivity index (χ0n) is 24.8. The number of aryl methyl sites for hydroxylation is 4. The number of benzene rings is 2. The lowest BCUT2D eigenvalue weighted by Crippen LogP contribution is -2.47. The average Bonchev–Trinajstić information content (AvgIpc) is 2.95. The molecule has 0 radical (unpaired) electrons. The highest BCUT2D eigenvalue weighted by Crippen LogP contribution is 2.37. The van der Waals surface area contributed by atoms with E-state index in [0.29, 0.717) is 43.0 Å². The fourth-order valence-electron chi connectivity index (χ4n) is 6.19. The van der Waals surface area contributed by atoms with Crippen LogP contribution in [0.15, 0.2) is 40.1 Å². The van der Waals surface area contributed by atoms with Gasteiger partial charge >= 0.3 is 11.7 Å². The predicted octanol–water partition coefficient (Wildman–Crippen LogP) is 4.68. The first-order valence-electron chi connectivity index (χ1n) is 14.6. The molecule has 1 aliphatic heterocycles. The van der Waals surface area contributed by atoms with Crippen LogP contribution in [0.5, 0.6) is 11.5 Å². The lowest BCUT2D eigenvalue weighted by Gasteiger charge is -2.25. The van der Waals surface area contributed by atoms with Crippen molar-refractivity contribution in [3.63, 3.8) is 0 Å². The molecule has 1 fully saturated rings. The Labute approximate surface area is 241 Å². The van der Waals surface area contributed by atoms with Crippen LogP contribution in [0.2, 0.25) is 0 Å². The molecule has 0 spiro atoms. The van der Waals surface area contributed by atoms with E-state index in [1.165, 1.54) is 12.0 Å². The first kappa shape index (κ1) is 28.5. The van der Waals surface area contributed by atoms with Crippen LogP contribution >= 0.6 is 0 Å². The van der Waals surface area contributed by atoms with Crippen LogP contribution in [0.4, 0.5) is 10.5 Å². The fraction of sp³-hybridized carbons (Fsp3) is 0.469. The van der Waals surface area contributed by atoms with Gasteiger partial charge in [-0.3, -0.25) is 9.13 Å². The largest absolute Gasteiger partial charge is 0.493 e. The van der Waals surface area contributed by atoms with E-state index in [9.17, 15) is 9.59 Å². The Bertz CT molecular complexity index is 1560. The molecule has 1 saturated carbocycles. The first-order chi connectivity index (χ1) is 19.8. The highest BCUT2D eigenvalue weighted by Gasteiger charge is 2.23. The van der Waals surface area contributed by atoms with Crippen molar-refractivity contribution in [1.29, 1.82) is 0 Å². The number of carbonyl (C=O) groups is 1. The van der Waals surface area contributed by atoms with Gasteiger partial charge in [-0.1, -0.05) is 37.0 Å². The van der Waals surface area contributed by atoms with Crippen LogP contribution in [0.25, 0.3) is 11.3 Å². The summed E-state index contributed by atoms with van der Waals surface area (Å²) in [5, 5.41) is 6.05. The van der Waals surface area contributed by atoms with Gasteiger partial charge < -0.3 is 20.1 Å². The molecule has 1 aliphatic carbocycles. The molecular formula is C32H41N5O4.